The molecule has 5 N–H and O–H groups in total. The lowest BCUT2D eigenvalue weighted by Gasteiger charge is -2.37. The summed E-state index contributed by atoms with van der Waals surface area (Å²) in [5.41, 5.74) is 9.36. The maximum atomic E-state index is 13.2. The number of phenolic OH excluding ortho intramolecular Hbond substituents is 1. The van der Waals surface area contributed by atoms with Crippen LogP contribution in [0.3, 0.4) is 0 Å². The van der Waals surface area contributed by atoms with E-state index < -0.39 is 11.6 Å². The van der Waals surface area contributed by atoms with Crippen molar-refractivity contribution in [3.05, 3.63) is 64.7 Å². The number of rotatable bonds is 9. The van der Waals surface area contributed by atoms with E-state index in [0.717, 1.165) is 41.0 Å². The molecule has 0 saturated carbocycles. The van der Waals surface area contributed by atoms with Gasteiger partial charge in [-0.3, -0.25) is 9.59 Å². The van der Waals surface area contributed by atoms with E-state index in [9.17, 15) is 14.7 Å². The molecule has 2 aromatic rings. The minimum absolute atomic E-state index is 0.117. The van der Waals surface area contributed by atoms with Crippen LogP contribution < -0.4 is 16.4 Å². The number of hydrogen-bond acceptors (Lipinski definition) is 5. The third-order valence-corrected chi connectivity index (χ3v) is 7.34. The topological polar surface area (TPSA) is 104 Å². The van der Waals surface area contributed by atoms with Crippen LogP contribution in [0.2, 0.25) is 0 Å². The van der Waals surface area contributed by atoms with Crippen LogP contribution in [0.1, 0.15) is 41.5 Å². The van der Waals surface area contributed by atoms with Crippen molar-refractivity contribution in [2.45, 2.75) is 57.5 Å². The van der Waals surface area contributed by atoms with Gasteiger partial charge in [0.25, 0.3) is 0 Å². The molecule has 1 aliphatic heterocycles. The number of hydrogen-bond donors (Lipinski definition) is 4. The third-order valence-electron chi connectivity index (χ3n) is 6.36. The summed E-state index contributed by atoms with van der Waals surface area (Å²) in [7, 11) is 0. The van der Waals surface area contributed by atoms with Gasteiger partial charge < -0.3 is 21.5 Å². The molecule has 0 radical (unpaired) electrons. The molecule has 0 aliphatic carbocycles. The summed E-state index contributed by atoms with van der Waals surface area (Å²) >= 11 is 1.80. The van der Waals surface area contributed by atoms with E-state index in [2.05, 4.69) is 22.8 Å². The highest BCUT2D eigenvalue weighted by Crippen LogP contribution is 2.28. The fourth-order valence-corrected chi connectivity index (χ4v) is 5.56. The van der Waals surface area contributed by atoms with Crippen LogP contribution >= 0.6 is 11.8 Å². The first-order valence-corrected chi connectivity index (χ1v) is 12.7. The fourth-order valence-electron chi connectivity index (χ4n) is 4.37. The molecule has 33 heavy (non-hydrogen) atoms. The summed E-state index contributed by atoms with van der Waals surface area (Å²) in [6, 6.07) is 12.8. The standard InChI is InChI=1S/C26H35N3O3S/c1-18-15-21(30)16-19(2)22(18)17-23(27)24(31)29-26(10-13-33-14-11-26)25(32)28-12-6-9-20-7-4-3-5-8-20/h3-5,7-8,15-16,23,30H,6,9-14,17,27H2,1-2H3,(H,28,32)(H,29,31)/t23-/m1/s1. The monoisotopic (exact) mass is 469 g/mol. The van der Waals surface area contributed by atoms with E-state index in [1.165, 1.54) is 5.56 Å². The van der Waals surface area contributed by atoms with Gasteiger partial charge in [0.2, 0.25) is 11.8 Å². The molecule has 1 fully saturated rings. The van der Waals surface area contributed by atoms with Crippen molar-refractivity contribution in [1.82, 2.24) is 10.6 Å². The number of aryl methyl sites for hydroxylation is 3. The van der Waals surface area contributed by atoms with Crippen LogP contribution in [0.5, 0.6) is 5.75 Å². The number of phenols is 1. The van der Waals surface area contributed by atoms with Gasteiger partial charge in [0.05, 0.1) is 6.04 Å². The van der Waals surface area contributed by atoms with Gasteiger partial charge in [-0.05, 0) is 91.8 Å². The number of carbonyl (C=O) groups excluding carboxylic acids is 2. The maximum absolute atomic E-state index is 13.2. The van der Waals surface area contributed by atoms with Gasteiger partial charge in [-0.25, -0.2) is 0 Å². The van der Waals surface area contributed by atoms with Crippen LogP contribution in [0.25, 0.3) is 0 Å². The molecule has 7 heteroatoms. The highest BCUT2D eigenvalue weighted by molar-refractivity contribution is 7.99. The predicted octanol–water partition coefficient (Wildman–Crippen LogP) is 3.01. The van der Waals surface area contributed by atoms with Crippen molar-refractivity contribution in [2.24, 2.45) is 5.73 Å². The first-order chi connectivity index (χ1) is 15.8. The zero-order chi connectivity index (χ0) is 23.8. The lowest BCUT2D eigenvalue weighted by atomic mass is 9.89. The molecule has 1 atom stereocenters. The Morgan fingerprint density at radius 1 is 1.12 bits per heavy atom. The van der Waals surface area contributed by atoms with Gasteiger partial charge in [-0.2, -0.15) is 11.8 Å². The smallest absolute Gasteiger partial charge is 0.245 e. The van der Waals surface area contributed by atoms with Crippen LogP contribution in [-0.4, -0.2) is 46.6 Å². The number of amides is 2. The summed E-state index contributed by atoms with van der Waals surface area (Å²) in [4.78, 5) is 26.2. The number of nitrogens with two attached hydrogens (primary N) is 1. The number of carbonyl (C=O) groups is 2. The Morgan fingerprint density at radius 2 is 1.76 bits per heavy atom. The molecule has 2 amide bonds. The molecule has 6 nitrogen and oxygen atoms in total. The zero-order valence-corrected chi connectivity index (χ0v) is 20.3. The fraction of sp³-hybridized carbons (Fsp3) is 0.462. The molecular weight excluding hydrogens is 434 g/mol. The molecule has 1 heterocycles. The highest BCUT2D eigenvalue weighted by atomic mass is 32.2. The Morgan fingerprint density at radius 3 is 2.39 bits per heavy atom. The van der Waals surface area contributed by atoms with Crippen LogP contribution in [0, 0.1) is 13.8 Å². The summed E-state index contributed by atoms with van der Waals surface area (Å²) in [5.74, 6) is 1.42. The summed E-state index contributed by atoms with van der Waals surface area (Å²) in [6.45, 7) is 4.36. The molecule has 3 rings (SSSR count). The SMILES string of the molecule is Cc1cc(O)cc(C)c1C[C@@H](N)C(=O)NC1(C(=O)NCCCc2ccccc2)CCSCC1. The Hall–Kier alpha value is -2.51. The van der Waals surface area contributed by atoms with E-state index in [1.54, 1.807) is 23.9 Å². The zero-order valence-electron chi connectivity index (χ0n) is 19.5. The maximum Gasteiger partial charge on any atom is 0.245 e. The second-order valence-corrected chi connectivity index (χ2v) is 10.1. The first kappa shape index (κ1) is 25.1. The summed E-state index contributed by atoms with van der Waals surface area (Å²) in [6.07, 6.45) is 3.28. The van der Waals surface area contributed by atoms with Crippen molar-refractivity contribution in [3.63, 3.8) is 0 Å². The molecule has 0 aromatic heterocycles. The largest absolute Gasteiger partial charge is 0.508 e. The molecule has 0 unspecified atom stereocenters. The van der Waals surface area contributed by atoms with Gasteiger partial charge >= 0.3 is 0 Å². The van der Waals surface area contributed by atoms with Crippen LogP contribution in [0.15, 0.2) is 42.5 Å². The molecule has 2 aromatic carbocycles. The third kappa shape index (κ3) is 6.74. The van der Waals surface area contributed by atoms with E-state index in [0.29, 0.717) is 25.8 Å². The summed E-state index contributed by atoms with van der Waals surface area (Å²) in [5, 5.41) is 15.8. The van der Waals surface area contributed by atoms with Gasteiger partial charge in [-0.15, -0.1) is 0 Å². The van der Waals surface area contributed by atoms with E-state index in [-0.39, 0.29) is 17.6 Å². The number of aromatic hydroxyl groups is 1. The minimum atomic E-state index is -0.911. The normalized spacial score (nSPS) is 16.1. The molecule has 1 saturated heterocycles. The predicted molar refractivity (Wildman–Crippen MR) is 134 cm³/mol. The van der Waals surface area contributed by atoms with Gasteiger partial charge in [0.1, 0.15) is 11.3 Å². The quantitative estimate of drug-likeness (QED) is 0.423. The Balaban J connectivity index is 1.60. The van der Waals surface area contributed by atoms with Crippen LogP contribution in [0.4, 0.5) is 0 Å². The average molecular weight is 470 g/mol. The van der Waals surface area contributed by atoms with Gasteiger partial charge in [-0.1, -0.05) is 30.3 Å². The van der Waals surface area contributed by atoms with Gasteiger partial charge in [0, 0.05) is 6.54 Å². The van der Waals surface area contributed by atoms with Crippen molar-refractivity contribution in [3.8, 4) is 5.75 Å². The van der Waals surface area contributed by atoms with E-state index in [4.69, 9.17) is 5.73 Å². The Bertz CT molecular complexity index is 936. The molecule has 1 aliphatic rings. The molecular formula is C26H35N3O3S. The first-order valence-electron chi connectivity index (χ1n) is 11.6. The number of thioether (sulfide) groups is 1. The van der Waals surface area contributed by atoms with Crippen molar-refractivity contribution in [2.75, 3.05) is 18.1 Å². The molecule has 178 valence electrons. The number of nitrogens with one attached hydrogen (secondary N) is 2. The summed E-state index contributed by atoms with van der Waals surface area (Å²) < 4.78 is 0. The molecule has 0 bridgehead atoms. The Labute approximate surface area is 200 Å². The highest BCUT2D eigenvalue weighted by Gasteiger charge is 2.41. The van der Waals surface area contributed by atoms with Gasteiger partial charge in [0.15, 0.2) is 0 Å². The average Bonchev–Trinajstić information content (AvgIpc) is 2.80. The molecule has 0 spiro atoms. The van der Waals surface area contributed by atoms with E-state index in [1.807, 2.05) is 32.0 Å². The van der Waals surface area contributed by atoms with E-state index >= 15 is 0 Å². The van der Waals surface area contributed by atoms with Crippen molar-refractivity contribution >= 4 is 23.6 Å². The minimum Gasteiger partial charge on any atom is -0.508 e. The lowest BCUT2D eigenvalue weighted by molar-refractivity contribution is -0.134. The van der Waals surface area contributed by atoms with Crippen molar-refractivity contribution in [1.29, 1.82) is 0 Å². The Kier molecular flexibility index (Phi) is 8.80. The lowest BCUT2D eigenvalue weighted by Crippen LogP contribution is -2.63. The second kappa shape index (κ2) is 11.6. The second-order valence-electron chi connectivity index (χ2n) is 8.90. The van der Waals surface area contributed by atoms with Crippen molar-refractivity contribution < 1.29 is 14.7 Å². The number of benzene rings is 2. The van der Waals surface area contributed by atoms with Crippen LogP contribution in [-0.2, 0) is 22.4 Å².